The normalized spacial score (nSPS) is 11.3. The molecule has 0 bridgehead atoms. The second-order valence-corrected chi connectivity index (χ2v) is 6.75. The van der Waals surface area contributed by atoms with Crippen molar-refractivity contribution in [1.82, 2.24) is 0 Å². The van der Waals surface area contributed by atoms with Crippen LogP contribution in [0, 0.1) is 0 Å². The van der Waals surface area contributed by atoms with Crippen LogP contribution in [0.15, 0.2) is 72.8 Å². The minimum absolute atomic E-state index is 0.304. The third kappa shape index (κ3) is 5.52. The second-order valence-electron chi connectivity index (χ2n) is 6.31. The summed E-state index contributed by atoms with van der Waals surface area (Å²) in [5.41, 5.74) is 0.972. The highest BCUT2D eigenvalue weighted by Crippen LogP contribution is 2.22. The Balaban J connectivity index is 1.57. The molecule has 0 aliphatic carbocycles. The molecule has 0 radical (unpaired) electrons. The lowest BCUT2D eigenvalue weighted by atomic mass is 10.2. The Morgan fingerprint density at radius 2 is 1.53 bits per heavy atom. The first-order valence-corrected chi connectivity index (χ1v) is 9.52. The van der Waals surface area contributed by atoms with Crippen molar-refractivity contribution in [2.24, 2.45) is 0 Å². The summed E-state index contributed by atoms with van der Waals surface area (Å²) in [5, 5.41) is 3.36. The van der Waals surface area contributed by atoms with Crippen LogP contribution in [0.2, 0.25) is 5.02 Å². The van der Waals surface area contributed by atoms with E-state index in [1.165, 1.54) is 7.11 Å². The molecule has 3 aromatic carbocycles. The van der Waals surface area contributed by atoms with Gasteiger partial charge in [0.25, 0.3) is 5.91 Å². The van der Waals surface area contributed by atoms with Crippen LogP contribution in [0.5, 0.6) is 17.2 Å². The molecule has 6 nitrogen and oxygen atoms in total. The standard InChI is InChI=1S/C23H20ClNO5/c1-15(29-18-11-7-16(24)8-12-18)23(27)30-19-13-9-17(10-14-19)25-22(26)20-5-3-4-6-21(20)28-2/h3-15H,1-2H3,(H,25,26). The Kier molecular flexibility index (Phi) is 6.93. The lowest BCUT2D eigenvalue weighted by Gasteiger charge is -2.14. The summed E-state index contributed by atoms with van der Waals surface area (Å²) in [7, 11) is 1.51. The first-order valence-electron chi connectivity index (χ1n) is 9.14. The minimum Gasteiger partial charge on any atom is -0.496 e. The zero-order valence-corrected chi connectivity index (χ0v) is 17.2. The fourth-order valence-electron chi connectivity index (χ4n) is 2.60. The number of amides is 1. The van der Waals surface area contributed by atoms with Crippen LogP contribution in [-0.4, -0.2) is 25.1 Å². The van der Waals surface area contributed by atoms with Gasteiger partial charge in [-0.2, -0.15) is 0 Å². The van der Waals surface area contributed by atoms with Crippen molar-refractivity contribution >= 4 is 29.2 Å². The maximum Gasteiger partial charge on any atom is 0.352 e. The predicted octanol–water partition coefficient (Wildman–Crippen LogP) is 4.97. The summed E-state index contributed by atoms with van der Waals surface area (Å²) in [6, 6.07) is 20.1. The number of carbonyl (C=O) groups is 2. The Morgan fingerprint density at radius 1 is 0.900 bits per heavy atom. The molecule has 0 spiro atoms. The molecule has 7 heteroatoms. The van der Waals surface area contributed by atoms with E-state index in [4.69, 9.17) is 25.8 Å². The first-order chi connectivity index (χ1) is 14.5. The van der Waals surface area contributed by atoms with Gasteiger partial charge in [0.15, 0.2) is 6.10 Å². The predicted molar refractivity (Wildman–Crippen MR) is 115 cm³/mol. The number of methoxy groups -OCH3 is 1. The maximum absolute atomic E-state index is 12.4. The number of anilines is 1. The van der Waals surface area contributed by atoms with Gasteiger partial charge in [-0.05, 0) is 67.6 Å². The third-order valence-electron chi connectivity index (χ3n) is 4.14. The van der Waals surface area contributed by atoms with Crippen molar-refractivity contribution in [2.45, 2.75) is 13.0 Å². The Bertz CT molecular complexity index is 1020. The van der Waals surface area contributed by atoms with Gasteiger partial charge in [0, 0.05) is 10.7 Å². The van der Waals surface area contributed by atoms with Crippen LogP contribution in [0.4, 0.5) is 5.69 Å². The Hall–Kier alpha value is -3.51. The number of nitrogens with one attached hydrogen (secondary N) is 1. The fourth-order valence-corrected chi connectivity index (χ4v) is 2.73. The summed E-state index contributed by atoms with van der Waals surface area (Å²) < 4.78 is 16.1. The monoisotopic (exact) mass is 425 g/mol. The van der Waals surface area contributed by atoms with E-state index in [0.29, 0.717) is 33.5 Å². The number of carbonyl (C=O) groups excluding carboxylic acids is 2. The Morgan fingerprint density at radius 3 is 2.20 bits per heavy atom. The molecule has 154 valence electrons. The van der Waals surface area contributed by atoms with Crippen LogP contribution >= 0.6 is 11.6 Å². The average Bonchev–Trinajstić information content (AvgIpc) is 2.76. The minimum atomic E-state index is -0.809. The van der Waals surface area contributed by atoms with E-state index in [9.17, 15) is 9.59 Å². The van der Waals surface area contributed by atoms with E-state index in [0.717, 1.165) is 0 Å². The molecular formula is C23H20ClNO5. The lowest BCUT2D eigenvalue weighted by molar-refractivity contribution is -0.141. The van der Waals surface area contributed by atoms with Gasteiger partial charge < -0.3 is 19.5 Å². The topological polar surface area (TPSA) is 73.9 Å². The Labute approximate surface area is 179 Å². The third-order valence-corrected chi connectivity index (χ3v) is 4.39. The summed E-state index contributed by atoms with van der Waals surface area (Å²) >= 11 is 5.83. The quantitative estimate of drug-likeness (QED) is 0.427. The van der Waals surface area contributed by atoms with Crippen molar-refractivity contribution in [3.63, 3.8) is 0 Å². The molecule has 0 fully saturated rings. The highest BCUT2D eigenvalue weighted by Gasteiger charge is 2.18. The zero-order valence-electron chi connectivity index (χ0n) is 16.4. The van der Waals surface area contributed by atoms with E-state index in [1.807, 2.05) is 0 Å². The van der Waals surface area contributed by atoms with E-state index in [-0.39, 0.29) is 5.91 Å². The first kappa shape index (κ1) is 21.2. The number of rotatable bonds is 7. The number of hydrogen-bond donors (Lipinski definition) is 1. The van der Waals surface area contributed by atoms with Crippen molar-refractivity contribution in [3.8, 4) is 17.2 Å². The van der Waals surface area contributed by atoms with Crippen molar-refractivity contribution in [1.29, 1.82) is 0 Å². The number of hydrogen-bond acceptors (Lipinski definition) is 5. The van der Waals surface area contributed by atoms with Crippen molar-refractivity contribution < 1.29 is 23.8 Å². The molecule has 0 aromatic heterocycles. The molecule has 0 aliphatic rings. The lowest BCUT2D eigenvalue weighted by Crippen LogP contribution is -2.28. The van der Waals surface area contributed by atoms with Crippen LogP contribution < -0.4 is 19.5 Å². The number of esters is 1. The molecule has 1 N–H and O–H groups in total. The van der Waals surface area contributed by atoms with Gasteiger partial charge in [-0.3, -0.25) is 4.79 Å². The fraction of sp³-hybridized carbons (Fsp3) is 0.130. The number of halogens is 1. The van der Waals surface area contributed by atoms with E-state index < -0.39 is 12.1 Å². The van der Waals surface area contributed by atoms with Crippen LogP contribution in [-0.2, 0) is 4.79 Å². The molecule has 1 amide bonds. The van der Waals surface area contributed by atoms with Gasteiger partial charge in [-0.1, -0.05) is 23.7 Å². The number of ether oxygens (including phenoxy) is 3. The molecule has 0 aliphatic heterocycles. The highest BCUT2D eigenvalue weighted by atomic mass is 35.5. The van der Waals surface area contributed by atoms with Gasteiger partial charge in [0.05, 0.1) is 12.7 Å². The van der Waals surface area contributed by atoms with E-state index in [2.05, 4.69) is 5.32 Å². The van der Waals surface area contributed by atoms with Gasteiger partial charge in [-0.15, -0.1) is 0 Å². The van der Waals surface area contributed by atoms with E-state index in [1.54, 1.807) is 79.7 Å². The number of benzene rings is 3. The zero-order chi connectivity index (χ0) is 21.5. The summed E-state index contributed by atoms with van der Waals surface area (Å²) in [6.45, 7) is 1.60. The molecule has 1 atom stereocenters. The second kappa shape index (κ2) is 9.80. The van der Waals surface area contributed by atoms with Gasteiger partial charge in [0.2, 0.25) is 0 Å². The van der Waals surface area contributed by atoms with Crippen molar-refractivity contribution in [2.75, 3.05) is 12.4 Å². The molecule has 1 unspecified atom stereocenters. The van der Waals surface area contributed by atoms with Crippen molar-refractivity contribution in [3.05, 3.63) is 83.4 Å². The number of para-hydroxylation sites is 1. The SMILES string of the molecule is COc1ccccc1C(=O)Nc1ccc(OC(=O)C(C)Oc2ccc(Cl)cc2)cc1. The van der Waals surface area contributed by atoms with E-state index >= 15 is 0 Å². The average molecular weight is 426 g/mol. The molecular weight excluding hydrogens is 406 g/mol. The molecule has 0 saturated carbocycles. The summed E-state index contributed by atoms with van der Waals surface area (Å²) in [4.78, 5) is 24.7. The maximum atomic E-state index is 12.4. The van der Waals surface area contributed by atoms with Gasteiger partial charge in [0.1, 0.15) is 17.2 Å². The molecule has 3 aromatic rings. The van der Waals surface area contributed by atoms with Crippen LogP contribution in [0.25, 0.3) is 0 Å². The summed E-state index contributed by atoms with van der Waals surface area (Å²) in [6.07, 6.45) is -0.809. The van der Waals surface area contributed by atoms with Crippen LogP contribution in [0.1, 0.15) is 17.3 Å². The molecule has 0 heterocycles. The molecule has 0 saturated heterocycles. The highest BCUT2D eigenvalue weighted by molar-refractivity contribution is 6.30. The van der Waals surface area contributed by atoms with Gasteiger partial charge in [-0.25, -0.2) is 4.79 Å². The smallest absolute Gasteiger partial charge is 0.352 e. The molecule has 3 rings (SSSR count). The molecule has 30 heavy (non-hydrogen) atoms. The summed E-state index contributed by atoms with van der Waals surface area (Å²) in [5.74, 6) is 0.480. The van der Waals surface area contributed by atoms with Gasteiger partial charge >= 0.3 is 5.97 Å². The largest absolute Gasteiger partial charge is 0.496 e. The van der Waals surface area contributed by atoms with Crippen LogP contribution in [0.3, 0.4) is 0 Å².